The van der Waals surface area contributed by atoms with Gasteiger partial charge in [-0.25, -0.2) is 0 Å². The van der Waals surface area contributed by atoms with E-state index in [0.29, 0.717) is 5.92 Å². The van der Waals surface area contributed by atoms with Gasteiger partial charge in [-0.05, 0) is 38.3 Å². The van der Waals surface area contributed by atoms with E-state index in [1.807, 2.05) is 11.3 Å². The van der Waals surface area contributed by atoms with Gasteiger partial charge in [0.2, 0.25) is 0 Å². The number of thiophene rings is 1. The number of hydrogen-bond acceptors (Lipinski definition) is 1. The third-order valence-electron chi connectivity index (χ3n) is 2.05. The summed E-state index contributed by atoms with van der Waals surface area (Å²) in [5.41, 5.74) is 1.41. The first-order valence-corrected chi connectivity index (χ1v) is 6.23. The summed E-state index contributed by atoms with van der Waals surface area (Å²) >= 11 is 5.64. The van der Waals surface area contributed by atoms with Crippen LogP contribution in [0.3, 0.4) is 0 Å². The lowest BCUT2D eigenvalue weighted by atomic mass is 10.1. The number of rotatable bonds is 2. The molecule has 1 heterocycles. The van der Waals surface area contributed by atoms with Crippen LogP contribution in [0.1, 0.15) is 48.9 Å². The topological polar surface area (TPSA) is 0 Å². The molecule has 0 aliphatic carbocycles. The van der Waals surface area contributed by atoms with E-state index >= 15 is 0 Å². The molecule has 0 fully saturated rings. The van der Waals surface area contributed by atoms with Gasteiger partial charge in [-0.1, -0.05) is 29.8 Å². The molecule has 1 aromatic heterocycles. The van der Waals surface area contributed by atoms with Crippen molar-refractivity contribution < 1.29 is 0 Å². The van der Waals surface area contributed by atoms with Crippen molar-refractivity contribution in [3.05, 3.63) is 21.4 Å². The third-order valence-corrected chi connectivity index (χ3v) is 4.57. The minimum Gasteiger partial charge on any atom is -0.143 e. The highest BCUT2D eigenvalue weighted by Crippen LogP contribution is 2.39. The normalized spacial score (nSPS) is 12.5. The van der Waals surface area contributed by atoms with E-state index in [9.17, 15) is 0 Å². The molecular weight excluding hydrogens is 244 g/mol. The van der Waals surface area contributed by atoms with Gasteiger partial charge in [-0.3, -0.25) is 0 Å². The quantitative estimate of drug-likeness (QED) is 0.670. The van der Waals surface area contributed by atoms with Crippen molar-refractivity contribution in [3.63, 3.8) is 0 Å². The molecule has 0 radical (unpaired) electrons. The van der Waals surface area contributed by atoms with E-state index < -0.39 is 0 Å². The van der Waals surface area contributed by atoms with Gasteiger partial charge in [-0.15, -0.1) is 11.3 Å². The summed E-state index contributed by atoms with van der Waals surface area (Å²) < 4.78 is 0.120. The minimum atomic E-state index is 0.120. The molecule has 0 aliphatic rings. The number of aryl methyl sites for hydroxylation is 1. The zero-order chi connectivity index (χ0) is 10.2. The highest BCUT2D eigenvalue weighted by atomic mass is 79.9. The Morgan fingerprint density at radius 1 is 1.38 bits per heavy atom. The molecule has 0 saturated carbocycles. The van der Waals surface area contributed by atoms with Crippen LogP contribution in [-0.4, -0.2) is 0 Å². The van der Waals surface area contributed by atoms with Crippen LogP contribution in [0.15, 0.2) is 6.07 Å². The van der Waals surface area contributed by atoms with Crippen LogP contribution in [0.2, 0.25) is 0 Å². The standard InChI is InChI=1S/C11H17BrS/c1-7(2)9-6-8(3)10(13-9)11(4,5)12/h6-7H,1-5H3. The molecule has 0 spiro atoms. The first-order valence-electron chi connectivity index (χ1n) is 4.62. The number of alkyl halides is 1. The molecule has 0 aliphatic heterocycles. The van der Waals surface area contributed by atoms with Crippen molar-refractivity contribution in [2.45, 2.75) is 44.9 Å². The second kappa shape index (κ2) is 3.74. The summed E-state index contributed by atoms with van der Waals surface area (Å²) in [5, 5.41) is 0. The van der Waals surface area contributed by atoms with E-state index in [4.69, 9.17) is 0 Å². The van der Waals surface area contributed by atoms with Crippen molar-refractivity contribution in [3.8, 4) is 0 Å². The lowest BCUT2D eigenvalue weighted by molar-refractivity contribution is 0.817. The number of hydrogen-bond donors (Lipinski definition) is 0. The molecule has 0 atom stereocenters. The lowest BCUT2D eigenvalue weighted by Crippen LogP contribution is -2.04. The Hall–Kier alpha value is 0.180. The van der Waals surface area contributed by atoms with Gasteiger partial charge in [0.25, 0.3) is 0 Å². The van der Waals surface area contributed by atoms with Gasteiger partial charge >= 0.3 is 0 Å². The molecule has 0 N–H and O–H groups in total. The maximum Gasteiger partial charge on any atom is 0.0545 e. The maximum atomic E-state index is 3.71. The predicted molar refractivity (Wildman–Crippen MR) is 65.1 cm³/mol. The molecule has 0 aromatic carbocycles. The largest absolute Gasteiger partial charge is 0.143 e. The van der Waals surface area contributed by atoms with Crippen molar-refractivity contribution in [2.75, 3.05) is 0 Å². The molecule has 1 rings (SSSR count). The molecule has 2 heteroatoms. The van der Waals surface area contributed by atoms with Crippen LogP contribution >= 0.6 is 27.3 Å². The second-order valence-electron chi connectivity index (χ2n) is 4.29. The van der Waals surface area contributed by atoms with E-state index in [2.05, 4.69) is 56.6 Å². The van der Waals surface area contributed by atoms with Crippen molar-refractivity contribution >= 4 is 27.3 Å². The Balaban J connectivity index is 3.11. The van der Waals surface area contributed by atoms with Gasteiger partial charge in [0.1, 0.15) is 0 Å². The zero-order valence-corrected chi connectivity index (χ0v) is 11.3. The first kappa shape index (κ1) is 11.3. The van der Waals surface area contributed by atoms with E-state index in [1.165, 1.54) is 15.3 Å². The Labute approximate surface area is 93.5 Å². The fourth-order valence-electron chi connectivity index (χ4n) is 1.38. The fraction of sp³-hybridized carbons (Fsp3) is 0.636. The van der Waals surface area contributed by atoms with Gasteiger partial charge in [-0.2, -0.15) is 0 Å². The molecule has 0 unspecified atom stereocenters. The fourth-order valence-corrected chi connectivity index (χ4v) is 3.11. The summed E-state index contributed by atoms with van der Waals surface area (Å²) in [6.45, 7) is 11.1. The predicted octanol–water partition coefficient (Wildman–Crippen LogP) is 4.81. The average molecular weight is 261 g/mol. The van der Waals surface area contributed by atoms with Gasteiger partial charge in [0.15, 0.2) is 0 Å². The number of halogens is 1. The molecule has 0 amide bonds. The van der Waals surface area contributed by atoms with Crippen LogP contribution < -0.4 is 0 Å². The SMILES string of the molecule is Cc1cc(C(C)C)sc1C(C)(C)Br. The van der Waals surface area contributed by atoms with Crippen LogP contribution in [-0.2, 0) is 4.32 Å². The smallest absolute Gasteiger partial charge is 0.0545 e. The highest BCUT2D eigenvalue weighted by Gasteiger charge is 2.21. The molecule has 13 heavy (non-hydrogen) atoms. The summed E-state index contributed by atoms with van der Waals surface area (Å²) in [7, 11) is 0. The van der Waals surface area contributed by atoms with Crippen LogP contribution in [0.25, 0.3) is 0 Å². The molecule has 0 nitrogen and oxygen atoms in total. The second-order valence-corrected chi connectivity index (χ2v) is 7.35. The summed E-state index contributed by atoms with van der Waals surface area (Å²) in [5.74, 6) is 0.646. The maximum absolute atomic E-state index is 3.71. The Morgan fingerprint density at radius 3 is 2.15 bits per heavy atom. The van der Waals surface area contributed by atoms with Gasteiger partial charge in [0, 0.05) is 9.75 Å². The Morgan fingerprint density at radius 2 is 1.92 bits per heavy atom. The van der Waals surface area contributed by atoms with Gasteiger partial charge < -0.3 is 0 Å². The monoisotopic (exact) mass is 260 g/mol. The summed E-state index contributed by atoms with van der Waals surface area (Å²) in [6, 6.07) is 2.31. The van der Waals surface area contributed by atoms with E-state index in [-0.39, 0.29) is 4.32 Å². The summed E-state index contributed by atoms with van der Waals surface area (Å²) in [6.07, 6.45) is 0. The molecular formula is C11H17BrS. The third kappa shape index (κ3) is 2.57. The van der Waals surface area contributed by atoms with E-state index in [1.54, 1.807) is 0 Å². The lowest BCUT2D eigenvalue weighted by Gasteiger charge is -2.15. The minimum absolute atomic E-state index is 0.120. The van der Waals surface area contributed by atoms with Crippen LogP contribution in [0.4, 0.5) is 0 Å². The van der Waals surface area contributed by atoms with E-state index in [0.717, 1.165) is 0 Å². The van der Waals surface area contributed by atoms with Crippen molar-refractivity contribution in [1.82, 2.24) is 0 Å². The molecule has 0 bridgehead atoms. The average Bonchev–Trinajstić information content (AvgIpc) is 2.29. The van der Waals surface area contributed by atoms with Gasteiger partial charge in [0.05, 0.1) is 4.32 Å². The zero-order valence-electron chi connectivity index (χ0n) is 8.94. The Bertz CT molecular complexity index is 292. The van der Waals surface area contributed by atoms with Crippen molar-refractivity contribution in [1.29, 1.82) is 0 Å². The molecule has 0 saturated heterocycles. The summed E-state index contributed by atoms with van der Waals surface area (Å²) in [4.78, 5) is 2.94. The van der Waals surface area contributed by atoms with Crippen molar-refractivity contribution in [2.24, 2.45) is 0 Å². The highest BCUT2D eigenvalue weighted by molar-refractivity contribution is 9.09. The van der Waals surface area contributed by atoms with Crippen LogP contribution in [0, 0.1) is 6.92 Å². The van der Waals surface area contributed by atoms with Crippen LogP contribution in [0.5, 0.6) is 0 Å². The molecule has 74 valence electrons. The first-order chi connectivity index (χ1) is 5.82. The Kier molecular flexibility index (Phi) is 3.24. The molecule has 1 aromatic rings.